The Bertz CT molecular complexity index is 325. The molecular weight excluding hydrogens is 234 g/mol. The van der Waals surface area contributed by atoms with Gasteiger partial charge in [-0.25, -0.2) is 4.79 Å². The number of nitrogen functional groups attached to an aromatic ring is 1. The van der Waals surface area contributed by atoms with Gasteiger partial charge in [0.25, 0.3) is 0 Å². The predicted molar refractivity (Wildman–Crippen MR) is 54.8 cm³/mol. The van der Waals surface area contributed by atoms with Crippen LogP contribution in [-0.2, 0) is 10.1 Å². The minimum atomic E-state index is -0.338. The molecule has 0 amide bonds. The Labute approximate surface area is 85.0 Å². The quantitative estimate of drug-likeness (QED) is 0.491. The third kappa shape index (κ3) is 2.21. The molecule has 4 heteroatoms. The number of benzene rings is 1. The number of alkyl halides is 1. The number of halogens is 1. The van der Waals surface area contributed by atoms with Gasteiger partial charge in [0.15, 0.2) is 0 Å². The van der Waals surface area contributed by atoms with Crippen LogP contribution in [0.2, 0.25) is 0 Å². The summed E-state index contributed by atoms with van der Waals surface area (Å²) in [4.78, 5) is 11.2. The third-order valence-electron chi connectivity index (χ3n) is 1.68. The summed E-state index contributed by atoms with van der Waals surface area (Å²) in [6, 6.07) is 5.09. The minimum Gasteiger partial charge on any atom is -0.465 e. The Hall–Kier alpha value is -1.03. The van der Waals surface area contributed by atoms with E-state index in [-0.39, 0.29) is 5.97 Å². The second-order valence-corrected chi connectivity index (χ2v) is 3.10. The molecule has 0 spiro atoms. The van der Waals surface area contributed by atoms with Crippen LogP contribution in [0.15, 0.2) is 18.2 Å². The van der Waals surface area contributed by atoms with Gasteiger partial charge >= 0.3 is 5.97 Å². The van der Waals surface area contributed by atoms with Gasteiger partial charge in [-0.1, -0.05) is 15.9 Å². The van der Waals surface area contributed by atoms with E-state index in [0.29, 0.717) is 16.6 Å². The van der Waals surface area contributed by atoms with Crippen molar-refractivity contribution in [3.8, 4) is 0 Å². The average Bonchev–Trinajstić information content (AvgIpc) is 2.16. The molecule has 0 aliphatic rings. The molecule has 1 aromatic carbocycles. The molecule has 70 valence electrons. The summed E-state index contributed by atoms with van der Waals surface area (Å²) in [6.07, 6.45) is 0. The lowest BCUT2D eigenvalue weighted by atomic mass is 10.1. The molecule has 1 aromatic rings. The largest absolute Gasteiger partial charge is 0.465 e. The minimum absolute atomic E-state index is 0.338. The Kier molecular flexibility index (Phi) is 3.31. The van der Waals surface area contributed by atoms with Gasteiger partial charge in [-0.2, -0.15) is 0 Å². The first-order valence-corrected chi connectivity index (χ1v) is 4.84. The van der Waals surface area contributed by atoms with Crippen LogP contribution in [0.4, 0.5) is 5.69 Å². The van der Waals surface area contributed by atoms with Crippen molar-refractivity contribution in [2.45, 2.75) is 5.33 Å². The number of hydrogen-bond acceptors (Lipinski definition) is 3. The molecule has 0 fully saturated rings. The average molecular weight is 244 g/mol. The van der Waals surface area contributed by atoms with Crippen LogP contribution in [0.5, 0.6) is 0 Å². The Morgan fingerprint density at radius 2 is 2.31 bits per heavy atom. The summed E-state index contributed by atoms with van der Waals surface area (Å²) in [5.74, 6) is -0.338. The van der Waals surface area contributed by atoms with Crippen molar-refractivity contribution in [2.24, 2.45) is 0 Å². The molecule has 0 heterocycles. The molecule has 0 aromatic heterocycles. The topological polar surface area (TPSA) is 52.3 Å². The summed E-state index contributed by atoms with van der Waals surface area (Å²) in [6.45, 7) is 0. The molecule has 0 bridgehead atoms. The van der Waals surface area contributed by atoms with Crippen LogP contribution in [0.3, 0.4) is 0 Å². The number of nitrogens with two attached hydrogens (primary N) is 1. The maximum Gasteiger partial charge on any atom is 0.338 e. The highest BCUT2D eigenvalue weighted by atomic mass is 79.9. The predicted octanol–water partition coefficient (Wildman–Crippen LogP) is 1.95. The highest BCUT2D eigenvalue weighted by molar-refractivity contribution is 9.08. The van der Waals surface area contributed by atoms with Gasteiger partial charge in [0, 0.05) is 11.0 Å². The highest BCUT2D eigenvalue weighted by Crippen LogP contribution is 2.17. The smallest absolute Gasteiger partial charge is 0.338 e. The standard InChI is InChI=1S/C9H10BrNO2/c1-13-9(12)8-3-2-7(11)4-6(8)5-10/h2-4H,5,11H2,1H3. The second kappa shape index (κ2) is 4.28. The normalized spacial score (nSPS) is 9.69. The first kappa shape index (κ1) is 10.1. The summed E-state index contributed by atoms with van der Waals surface area (Å²) in [5.41, 5.74) is 7.60. The lowest BCUT2D eigenvalue weighted by Crippen LogP contribution is -2.05. The number of methoxy groups -OCH3 is 1. The molecule has 0 atom stereocenters. The van der Waals surface area contributed by atoms with E-state index in [0.717, 1.165) is 5.56 Å². The summed E-state index contributed by atoms with van der Waals surface area (Å²) >= 11 is 3.28. The highest BCUT2D eigenvalue weighted by Gasteiger charge is 2.10. The Morgan fingerprint density at radius 3 is 2.85 bits per heavy atom. The van der Waals surface area contributed by atoms with E-state index in [2.05, 4.69) is 20.7 Å². The van der Waals surface area contributed by atoms with Crippen LogP contribution in [0.25, 0.3) is 0 Å². The molecular formula is C9H10BrNO2. The van der Waals surface area contributed by atoms with Crippen LogP contribution >= 0.6 is 15.9 Å². The molecule has 1 rings (SSSR count). The maximum absolute atomic E-state index is 11.2. The van der Waals surface area contributed by atoms with Gasteiger partial charge in [0.1, 0.15) is 0 Å². The van der Waals surface area contributed by atoms with E-state index in [4.69, 9.17) is 5.73 Å². The van der Waals surface area contributed by atoms with Crippen molar-refractivity contribution in [1.82, 2.24) is 0 Å². The van der Waals surface area contributed by atoms with E-state index in [1.165, 1.54) is 7.11 Å². The fourth-order valence-corrected chi connectivity index (χ4v) is 1.50. The molecule has 13 heavy (non-hydrogen) atoms. The lowest BCUT2D eigenvalue weighted by molar-refractivity contribution is 0.0600. The van der Waals surface area contributed by atoms with Gasteiger partial charge in [-0.3, -0.25) is 0 Å². The van der Waals surface area contributed by atoms with E-state index in [1.54, 1.807) is 18.2 Å². The van der Waals surface area contributed by atoms with Crippen molar-refractivity contribution in [2.75, 3.05) is 12.8 Å². The monoisotopic (exact) mass is 243 g/mol. The molecule has 0 radical (unpaired) electrons. The molecule has 2 N–H and O–H groups in total. The van der Waals surface area contributed by atoms with Crippen molar-refractivity contribution in [3.05, 3.63) is 29.3 Å². The molecule has 3 nitrogen and oxygen atoms in total. The van der Waals surface area contributed by atoms with Crippen LogP contribution in [0.1, 0.15) is 15.9 Å². The number of carbonyl (C=O) groups is 1. The zero-order chi connectivity index (χ0) is 9.84. The van der Waals surface area contributed by atoms with E-state index >= 15 is 0 Å². The lowest BCUT2D eigenvalue weighted by Gasteiger charge is -2.05. The number of anilines is 1. The Balaban J connectivity index is 3.13. The zero-order valence-corrected chi connectivity index (χ0v) is 8.80. The Morgan fingerprint density at radius 1 is 1.62 bits per heavy atom. The van der Waals surface area contributed by atoms with E-state index in [1.807, 2.05) is 0 Å². The first-order chi connectivity index (χ1) is 6.19. The van der Waals surface area contributed by atoms with Crippen LogP contribution in [-0.4, -0.2) is 13.1 Å². The third-order valence-corrected chi connectivity index (χ3v) is 2.28. The SMILES string of the molecule is COC(=O)c1ccc(N)cc1CBr. The fraction of sp³-hybridized carbons (Fsp3) is 0.222. The number of ether oxygens (including phenoxy) is 1. The second-order valence-electron chi connectivity index (χ2n) is 2.54. The van der Waals surface area contributed by atoms with Gasteiger partial charge in [-0.15, -0.1) is 0 Å². The van der Waals surface area contributed by atoms with Crippen molar-refractivity contribution < 1.29 is 9.53 Å². The summed E-state index contributed by atoms with van der Waals surface area (Å²) < 4.78 is 4.62. The van der Waals surface area contributed by atoms with Gasteiger partial charge in [0.2, 0.25) is 0 Å². The first-order valence-electron chi connectivity index (χ1n) is 3.71. The van der Waals surface area contributed by atoms with Crippen molar-refractivity contribution in [1.29, 1.82) is 0 Å². The summed E-state index contributed by atoms with van der Waals surface area (Å²) in [7, 11) is 1.36. The van der Waals surface area contributed by atoms with Gasteiger partial charge in [-0.05, 0) is 23.8 Å². The zero-order valence-electron chi connectivity index (χ0n) is 7.21. The molecule has 0 saturated carbocycles. The van der Waals surface area contributed by atoms with E-state index in [9.17, 15) is 4.79 Å². The van der Waals surface area contributed by atoms with Crippen molar-refractivity contribution in [3.63, 3.8) is 0 Å². The number of carbonyl (C=O) groups excluding carboxylic acids is 1. The molecule has 0 aliphatic heterocycles. The van der Waals surface area contributed by atoms with Gasteiger partial charge < -0.3 is 10.5 Å². The molecule has 0 aliphatic carbocycles. The van der Waals surface area contributed by atoms with Crippen molar-refractivity contribution >= 4 is 27.6 Å². The van der Waals surface area contributed by atoms with Gasteiger partial charge in [0.05, 0.1) is 12.7 Å². The fourth-order valence-electron chi connectivity index (χ4n) is 1.03. The summed E-state index contributed by atoms with van der Waals surface area (Å²) in [5, 5.41) is 0.586. The van der Waals surface area contributed by atoms with E-state index < -0.39 is 0 Å². The number of rotatable bonds is 2. The van der Waals surface area contributed by atoms with Crippen LogP contribution in [0, 0.1) is 0 Å². The maximum atomic E-state index is 11.2. The number of esters is 1. The molecule has 0 saturated heterocycles. The number of hydrogen-bond donors (Lipinski definition) is 1. The van der Waals surface area contributed by atoms with Crippen LogP contribution < -0.4 is 5.73 Å². The molecule has 0 unspecified atom stereocenters.